The first-order valence-corrected chi connectivity index (χ1v) is 16.5. The second-order valence-electron chi connectivity index (χ2n) is 10.6. The molecule has 12 N–H and O–H groups in total. The van der Waals surface area contributed by atoms with Crippen LogP contribution < -0.4 is 27.8 Å². The van der Waals surface area contributed by atoms with Crippen LogP contribution in [-0.2, 0) is 0 Å². The first-order valence-electron chi connectivity index (χ1n) is 16.5. The van der Waals surface area contributed by atoms with Crippen LogP contribution in [0.25, 0.3) is 0 Å². The highest BCUT2D eigenvalue weighted by atomic mass is 16.3. The summed E-state index contributed by atoms with van der Waals surface area (Å²) in [5.41, 5.74) is 22.9. The van der Waals surface area contributed by atoms with Crippen LogP contribution in [0.4, 0.5) is 5.69 Å². The maximum Gasteiger partial charge on any atom is 0.0558 e. The Balaban J connectivity index is -0.000000511. The molecule has 0 radical (unpaired) electrons. The van der Waals surface area contributed by atoms with E-state index in [0.29, 0.717) is 45.3 Å². The summed E-state index contributed by atoms with van der Waals surface area (Å²) in [4.78, 5) is 8.56. The van der Waals surface area contributed by atoms with Gasteiger partial charge in [-0.25, -0.2) is 0 Å². The smallest absolute Gasteiger partial charge is 0.0558 e. The molecule has 0 fully saturated rings. The second-order valence-corrected chi connectivity index (χ2v) is 10.6. The molecule has 0 spiro atoms. The molecular weight excluding hydrogens is 560 g/mol. The molecule has 0 aliphatic heterocycles. The van der Waals surface area contributed by atoms with Gasteiger partial charge in [-0.2, -0.15) is 0 Å². The van der Waals surface area contributed by atoms with Crippen LogP contribution in [0, 0.1) is 0 Å². The maximum atomic E-state index is 8.61. The van der Waals surface area contributed by atoms with Gasteiger partial charge in [0.15, 0.2) is 0 Å². The van der Waals surface area contributed by atoms with E-state index in [1.54, 1.807) is 0 Å². The molecule has 0 aromatic heterocycles. The minimum Gasteiger partial charge on any atom is -0.395 e. The first-order chi connectivity index (χ1) is 21.2. The second kappa shape index (κ2) is 37.8. The van der Waals surface area contributed by atoms with Crippen LogP contribution >= 0.6 is 0 Å². The van der Waals surface area contributed by atoms with Gasteiger partial charge in [0.1, 0.15) is 0 Å². The Labute approximate surface area is 270 Å². The van der Waals surface area contributed by atoms with Crippen molar-refractivity contribution in [3.8, 4) is 0 Å². The van der Waals surface area contributed by atoms with Gasteiger partial charge in [-0.1, -0.05) is 32.0 Å². The molecule has 0 heterocycles. The lowest BCUT2D eigenvalue weighted by molar-refractivity contribution is 0.160. The van der Waals surface area contributed by atoms with Crippen LogP contribution in [-0.4, -0.2) is 160 Å². The zero-order valence-electron chi connectivity index (χ0n) is 28.7. The number of aliphatic hydroxyl groups excluding tert-OH is 4. The molecule has 264 valence electrons. The van der Waals surface area contributed by atoms with Crippen molar-refractivity contribution in [1.82, 2.24) is 14.7 Å². The number of rotatable bonds is 23. The van der Waals surface area contributed by atoms with Gasteiger partial charge < -0.3 is 53.2 Å². The SMILES string of the molecule is CCN(CC)CCCC(C)N.CN(CCCN)c1ccccc1.NCCCN(CCO)CCO.NCCN(CCO)CCO. The standard InChI is InChI=1S/C10H16N2.C9H22N2.C7H18N2O2.C6H16N2O2/c1-12(9-5-8-11)10-6-3-2-4-7-10;1-4-11(5-2)8-6-7-9(3)10;8-2-1-3-9(4-6-10)5-7-11;7-1-2-8(3-5-9)4-6-10/h2-4,6-7H,5,8-9,11H2,1H3;9H,4-8,10H2,1-3H3;10-11H,1-8H2;9-10H,1-7H2. The van der Waals surface area contributed by atoms with Gasteiger partial charge in [-0.15, -0.1) is 0 Å². The van der Waals surface area contributed by atoms with Crippen molar-refractivity contribution in [3.05, 3.63) is 30.3 Å². The number of hydrogen-bond donors (Lipinski definition) is 8. The van der Waals surface area contributed by atoms with E-state index in [1.165, 1.54) is 18.7 Å². The van der Waals surface area contributed by atoms with E-state index >= 15 is 0 Å². The monoisotopic (exact) mass is 633 g/mol. The van der Waals surface area contributed by atoms with E-state index in [-0.39, 0.29) is 26.4 Å². The average molecular weight is 633 g/mol. The highest BCUT2D eigenvalue weighted by Gasteiger charge is 2.02. The molecular formula is C32H72N8O4. The normalized spacial score (nSPS) is 11.3. The third-order valence-corrected chi connectivity index (χ3v) is 6.71. The lowest BCUT2D eigenvalue weighted by Crippen LogP contribution is -2.34. The molecule has 0 saturated carbocycles. The average Bonchev–Trinajstić information content (AvgIpc) is 3.02. The zero-order valence-corrected chi connectivity index (χ0v) is 28.7. The van der Waals surface area contributed by atoms with Crippen molar-refractivity contribution >= 4 is 5.69 Å². The van der Waals surface area contributed by atoms with Crippen molar-refractivity contribution < 1.29 is 20.4 Å². The van der Waals surface area contributed by atoms with Gasteiger partial charge in [-0.3, -0.25) is 9.80 Å². The summed E-state index contributed by atoms with van der Waals surface area (Å²) >= 11 is 0. The molecule has 12 nitrogen and oxygen atoms in total. The largest absolute Gasteiger partial charge is 0.395 e. The number of anilines is 1. The number of nitrogens with two attached hydrogens (primary N) is 4. The van der Waals surface area contributed by atoms with E-state index in [4.69, 9.17) is 43.4 Å². The van der Waals surface area contributed by atoms with Crippen LogP contribution in [0.5, 0.6) is 0 Å². The van der Waals surface area contributed by atoms with Crippen molar-refractivity contribution in [2.24, 2.45) is 22.9 Å². The van der Waals surface area contributed by atoms with E-state index < -0.39 is 0 Å². The molecule has 0 bridgehead atoms. The highest BCUT2D eigenvalue weighted by molar-refractivity contribution is 5.44. The highest BCUT2D eigenvalue weighted by Crippen LogP contribution is 2.10. The third kappa shape index (κ3) is 33.5. The summed E-state index contributed by atoms with van der Waals surface area (Å²) in [7, 11) is 2.09. The Bertz CT molecular complexity index is 626. The van der Waals surface area contributed by atoms with Crippen molar-refractivity contribution in [2.75, 3.05) is 123 Å². The fraction of sp³-hybridized carbons (Fsp3) is 0.812. The molecule has 1 unspecified atom stereocenters. The molecule has 0 amide bonds. The molecule has 0 aliphatic carbocycles. The molecule has 1 rings (SSSR count). The molecule has 1 atom stereocenters. The molecule has 12 heteroatoms. The Hall–Kier alpha value is -1.42. The number of para-hydroxylation sites is 1. The summed E-state index contributed by atoms with van der Waals surface area (Å²) in [6, 6.07) is 10.7. The quantitative estimate of drug-likeness (QED) is 0.0791. The molecule has 0 aliphatic rings. The number of aliphatic hydroxyl groups is 4. The fourth-order valence-corrected chi connectivity index (χ4v) is 4.05. The predicted octanol–water partition coefficient (Wildman–Crippen LogP) is -0.219. The lowest BCUT2D eigenvalue weighted by Gasteiger charge is -2.19. The lowest BCUT2D eigenvalue weighted by atomic mass is 10.2. The van der Waals surface area contributed by atoms with Crippen LogP contribution in [0.2, 0.25) is 0 Å². The minimum atomic E-state index is 0.125. The van der Waals surface area contributed by atoms with E-state index in [9.17, 15) is 0 Å². The minimum absolute atomic E-state index is 0.125. The van der Waals surface area contributed by atoms with Gasteiger partial charge in [0.05, 0.1) is 26.4 Å². The van der Waals surface area contributed by atoms with Crippen LogP contribution in [0.3, 0.4) is 0 Å². The van der Waals surface area contributed by atoms with Crippen molar-refractivity contribution in [2.45, 2.75) is 52.5 Å². The molecule has 1 aromatic rings. The summed E-state index contributed by atoms with van der Waals surface area (Å²) in [5.74, 6) is 0. The summed E-state index contributed by atoms with van der Waals surface area (Å²) in [5, 5.41) is 34.3. The number of hydrogen-bond acceptors (Lipinski definition) is 12. The molecule has 1 aromatic carbocycles. The third-order valence-electron chi connectivity index (χ3n) is 6.71. The Morgan fingerprint density at radius 3 is 1.41 bits per heavy atom. The maximum absolute atomic E-state index is 8.61. The molecule has 0 saturated heterocycles. The fourth-order valence-electron chi connectivity index (χ4n) is 4.05. The van der Waals surface area contributed by atoms with Gasteiger partial charge in [-0.05, 0) is 84.0 Å². The first kappa shape index (κ1) is 47.0. The number of benzene rings is 1. The van der Waals surface area contributed by atoms with Gasteiger partial charge in [0.25, 0.3) is 0 Å². The van der Waals surface area contributed by atoms with E-state index in [1.807, 2.05) is 28.0 Å². The Kier molecular flexibility index (Phi) is 40.3. The Morgan fingerprint density at radius 2 is 1.02 bits per heavy atom. The van der Waals surface area contributed by atoms with Gasteiger partial charge in [0.2, 0.25) is 0 Å². The molecule has 44 heavy (non-hydrogen) atoms. The topological polar surface area (TPSA) is 198 Å². The van der Waals surface area contributed by atoms with Gasteiger partial charge >= 0.3 is 0 Å². The summed E-state index contributed by atoms with van der Waals surface area (Å²) in [6.45, 7) is 17.6. The van der Waals surface area contributed by atoms with Crippen molar-refractivity contribution in [3.63, 3.8) is 0 Å². The summed E-state index contributed by atoms with van der Waals surface area (Å²) < 4.78 is 0. The van der Waals surface area contributed by atoms with Crippen LogP contribution in [0.15, 0.2) is 30.3 Å². The van der Waals surface area contributed by atoms with E-state index in [2.05, 4.69) is 49.8 Å². The Morgan fingerprint density at radius 1 is 0.591 bits per heavy atom. The number of nitrogens with zero attached hydrogens (tertiary/aromatic N) is 4. The predicted molar refractivity (Wildman–Crippen MR) is 188 cm³/mol. The van der Waals surface area contributed by atoms with E-state index in [0.717, 1.165) is 58.5 Å². The van der Waals surface area contributed by atoms with Crippen LogP contribution in [0.1, 0.15) is 46.5 Å². The zero-order chi connectivity index (χ0) is 33.8. The summed E-state index contributed by atoms with van der Waals surface area (Å²) in [6.07, 6.45) is 4.35. The van der Waals surface area contributed by atoms with Crippen molar-refractivity contribution in [1.29, 1.82) is 0 Å². The van der Waals surface area contributed by atoms with Gasteiger partial charge in [0, 0.05) is 64.6 Å².